The summed E-state index contributed by atoms with van der Waals surface area (Å²) in [5, 5.41) is 4.37. The summed E-state index contributed by atoms with van der Waals surface area (Å²) in [5.41, 5.74) is 7.48. The summed E-state index contributed by atoms with van der Waals surface area (Å²) in [6.07, 6.45) is 7.82. The summed E-state index contributed by atoms with van der Waals surface area (Å²) in [7, 11) is 0. The number of amides is 1. The fourth-order valence-corrected chi connectivity index (χ4v) is 4.02. The number of nitrogens with zero attached hydrogens (tertiary/aromatic N) is 4. The third kappa shape index (κ3) is 2.78. The van der Waals surface area contributed by atoms with Gasteiger partial charge in [0.25, 0.3) is 5.91 Å². The molecule has 0 unspecified atom stereocenters. The largest absolute Gasteiger partial charge is 0.381 e. The van der Waals surface area contributed by atoms with Gasteiger partial charge in [-0.2, -0.15) is 5.10 Å². The first-order valence-corrected chi connectivity index (χ1v) is 8.68. The molecule has 7 nitrogen and oxygen atoms in total. The molecule has 1 atom stereocenters. The average Bonchev–Trinajstić information content (AvgIpc) is 3.07. The van der Waals surface area contributed by atoms with Crippen molar-refractivity contribution in [2.24, 2.45) is 5.73 Å². The minimum absolute atomic E-state index is 0.383. The lowest BCUT2D eigenvalue weighted by Crippen LogP contribution is -2.44. The number of likely N-dealkylation sites (tertiary alicyclic amines) is 1. The predicted octanol–water partition coefficient (Wildman–Crippen LogP) is 1.19. The summed E-state index contributed by atoms with van der Waals surface area (Å²) < 4.78 is 7.28. The third-order valence-electron chi connectivity index (χ3n) is 5.27. The molecule has 0 aromatic carbocycles. The van der Waals surface area contributed by atoms with Crippen molar-refractivity contribution in [2.45, 2.75) is 37.6 Å². The van der Waals surface area contributed by atoms with Gasteiger partial charge in [-0.05, 0) is 38.3 Å². The number of aromatic nitrogens is 3. The van der Waals surface area contributed by atoms with Crippen LogP contribution in [0.4, 0.5) is 0 Å². The first kappa shape index (κ1) is 15.5. The molecular formula is C17H23N5O2. The number of fused-ring (bicyclic) bond motifs is 1. The molecule has 0 spiro atoms. The van der Waals surface area contributed by atoms with Gasteiger partial charge in [-0.25, -0.2) is 9.50 Å². The minimum atomic E-state index is -0.484. The van der Waals surface area contributed by atoms with E-state index < -0.39 is 5.91 Å². The number of primary amides is 1. The summed E-state index contributed by atoms with van der Waals surface area (Å²) in [4.78, 5) is 18.4. The zero-order valence-corrected chi connectivity index (χ0v) is 13.7. The van der Waals surface area contributed by atoms with Crippen molar-refractivity contribution >= 4 is 11.6 Å². The van der Waals surface area contributed by atoms with Gasteiger partial charge in [-0.1, -0.05) is 0 Å². The van der Waals surface area contributed by atoms with Crippen LogP contribution in [0.15, 0.2) is 18.5 Å². The minimum Gasteiger partial charge on any atom is -0.381 e. The van der Waals surface area contributed by atoms with Crippen molar-refractivity contribution < 1.29 is 9.53 Å². The Hall–Kier alpha value is -1.99. The number of hydrogen-bond acceptors (Lipinski definition) is 5. The van der Waals surface area contributed by atoms with Gasteiger partial charge >= 0.3 is 0 Å². The maximum atomic E-state index is 11.5. The SMILES string of the molecule is NC(=O)c1cnn2c([C@@H]3CCCN(C4CCOCC4)C3)ccnc12. The summed E-state index contributed by atoms with van der Waals surface area (Å²) in [5.74, 6) is -0.0881. The van der Waals surface area contributed by atoms with Crippen molar-refractivity contribution in [2.75, 3.05) is 26.3 Å². The summed E-state index contributed by atoms with van der Waals surface area (Å²) >= 11 is 0. The standard InChI is InChI=1S/C17H23N5O2/c18-16(23)14-10-20-22-15(3-6-19-17(14)22)12-2-1-7-21(11-12)13-4-8-24-9-5-13/h3,6,10,12-13H,1-2,4-5,7-9,11H2,(H2,18,23)/t12-/m1/s1. The van der Waals surface area contributed by atoms with E-state index in [0.29, 0.717) is 23.2 Å². The highest BCUT2D eigenvalue weighted by atomic mass is 16.5. The Labute approximate surface area is 140 Å². The van der Waals surface area contributed by atoms with E-state index in [1.165, 1.54) is 12.6 Å². The van der Waals surface area contributed by atoms with Gasteiger partial charge in [-0.15, -0.1) is 0 Å². The molecule has 2 aromatic heterocycles. The molecule has 1 amide bonds. The van der Waals surface area contributed by atoms with Crippen LogP contribution in [0.2, 0.25) is 0 Å². The van der Waals surface area contributed by atoms with Gasteiger partial charge in [-0.3, -0.25) is 9.69 Å². The number of ether oxygens (including phenoxy) is 1. The molecule has 2 aliphatic heterocycles. The van der Waals surface area contributed by atoms with Crippen LogP contribution in [0.1, 0.15) is 47.7 Å². The van der Waals surface area contributed by atoms with Crippen LogP contribution >= 0.6 is 0 Å². The first-order valence-electron chi connectivity index (χ1n) is 8.68. The smallest absolute Gasteiger partial charge is 0.254 e. The normalized spacial score (nSPS) is 23.6. The van der Waals surface area contributed by atoms with E-state index in [4.69, 9.17) is 10.5 Å². The van der Waals surface area contributed by atoms with Gasteiger partial charge in [0, 0.05) is 37.9 Å². The molecule has 24 heavy (non-hydrogen) atoms. The Morgan fingerprint density at radius 2 is 2.12 bits per heavy atom. The van der Waals surface area contributed by atoms with Crippen LogP contribution in [0, 0.1) is 0 Å². The number of piperidine rings is 1. The molecule has 2 saturated heterocycles. The van der Waals surface area contributed by atoms with E-state index in [2.05, 4.69) is 15.0 Å². The number of nitrogens with two attached hydrogens (primary N) is 1. The Balaban J connectivity index is 1.61. The molecule has 0 aliphatic carbocycles. The molecule has 4 heterocycles. The molecule has 7 heteroatoms. The van der Waals surface area contributed by atoms with Gasteiger partial charge in [0.1, 0.15) is 5.56 Å². The fourth-order valence-electron chi connectivity index (χ4n) is 4.02. The second-order valence-corrected chi connectivity index (χ2v) is 6.71. The van der Waals surface area contributed by atoms with Gasteiger partial charge < -0.3 is 10.5 Å². The average molecular weight is 329 g/mol. The van der Waals surface area contributed by atoms with Crippen LogP contribution in [-0.4, -0.2) is 57.8 Å². The monoisotopic (exact) mass is 329 g/mol. The lowest BCUT2D eigenvalue weighted by molar-refractivity contribution is 0.0236. The van der Waals surface area contributed by atoms with Crippen molar-refractivity contribution in [1.82, 2.24) is 19.5 Å². The summed E-state index contributed by atoms with van der Waals surface area (Å²) in [6, 6.07) is 2.64. The lowest BCUT2D eigenvalue weighted by Gasteiger charge is -2.40. The van der Waals surface area contributed by atoms with Crippen LogP contribution < -0.4 is 5.73 Å². The van der Waals surface area contributed by atoms with Crippen molar-refractivity contribution in [3.05, 3.63) is 29.7 Å². The fraction of sp³-hybridized carbons (Fsp3) is 0.588. The molecule has 0 bridgehead atoms. The maximum Gasteiger partial charge on any atom is 0.254 e. The predicted molar refractivity (Wildman–Crippen MR) is 88.9 cm³/mol. The number of carbonyl (C=O) groups excluding carboxylic acids is 1. The van der Waals surface area contributed by atoms with E-state index in [0.717, 1.165) is 51.3 Å². The molecule has 2 fully saturated rings. The Bertz CT molecular complexity index is 738. The molecule has 2 N–H and O–H groups in total. The van der Waals surface area contributed by atoms with Crippen LogP contribution in [-0.2, 0) is 4.74 Å². The topological polar surface area (TPSA) is 85.8 Å². The molecule has 4 rings (SSSR count). The van der Waals surface area contributed by atoms with Crippen molar-refractivity contribution in [3.8, 4) is 0 Å². The van der Waals surface area contributed by atoms with E-state index in [-0.39, 0.29) is 0 Å². The Kier molecular flexibility index (Phi) is 4.20. The van der Waals surface area contributed by atoms with Gasteiger partial charge in [0.05, 0.1) is 11.9 Å². The van der Waals surface area contributed by atoms with Gasteiger partial charge in [0.15, 0.2) is 5.65 Å². The van der Waals surface area contributed by atoms with E-state index in [1.54, 1.807) is 10.7 Å². The molecule has 2 aliphatic rings. The quantitative estimate of drug-likeness (QED) is 0.914. The van der Waals surface area contributed by atoms with Crippen molar-refractivity contribution in [3.63, 3.8) is 0 Å². The molecule has 0 radical (unpaired) electrons. The summed E-state index contributed by atoms with van der Waals surface area (Å²) in [6.45, 7) is 3.91. The highest BCUT2D eigenvalue weighted by Gasteiger charge is 2.29. The zero-order chi connectivity index (χ0) is 16.5. The number of hydrogen-bond donors (Lipinski definition) is 1. The number of carbonyl (C=O) groups is 1. The highest BCUT2D eigenvalue weighted by Crippen LogP contribution is 2.30. The zero-order valence-electron chi connectivity index (χ0n) is 13.7. The molecule has 128 valence electrons. The third-order valence-corrected chi connectivity index (χ3v) is 5.27. The van der Waals surface area contributed by atoms with E-state index in [1.807, 2.05) is 6.07 Å². The Morgan fingerprint density at radius 1 is 1.29 bits per heavy atom. The second-order valence-electron chi connectivity index (χ2n) is 6.71. The second kappa shape index (κ2) is 6.49. The van der Waals surface area contributed by atoms with E-state index >= 15 is 0 Å². The van der Waals surface area contributed by atoms with Crippen LogP contribution in [0.5, 0.6) is 0 Å². The molecule has 0 saturated carbocycles. The van der Waals surface area contributed by atoms with Crippen LogP contribution in [0.25, 0.3) is 5.65 Å². The van der Waals surface area contributed by atoms with E-state index in [9.17, 15) is 4.79 Å². The lowest BCUT2D eigenvalue weighted by atomic mass is 9.92. The molecule has 2 aromatic rings. The van der Waals surface area contributed by atoms with Gasteiger partial charge in [0.2, 0.25) is 0 Å². The Morgan fingerprint density at radius 3 is 2.92 bits per heavy atom. The number of rotatable bonds is 3. The first-order chi connectivity index (χ1) is 11.7. The molecular weight excluding hydrogens is 306 g/mol. The highest BCUT2D eigenvalue weighted by molar-refractivity contribution is 5.98. The van der Waals surface area contributed by atoms with Crippen molar-refractivity contribution in [1.29, 1.82) is 0 Å². The van der Waals surface area contributed by atoms with Crippen LogP contribution in [0.3, 0.4) is 0 Å². The maximum absolute atomic E-state index is 11.5.